The summed E-state index contributed by atoms with van der Waals surface area (Å²) in [7, 11) is -4.17. The summed E-state index contributed by atoms with van der Waals surface area (Å²) in [6.45, 7) is -0.538. The third-order valence-electron chi connectivity index (χ3n) is 3.02. The summed E-state index contributed by atoms with van der Waals surface area (Å²) in [5.74, 6) is 4.37. The van der Waals surface area contributed by atoms with Crippen molar-refractivity contribution in [2.45, 2.75) is 4.90 Å². The second-order valence-corrected chi connectivity index (χ2v) is 7.74. The van der Waals surface area contributed by atoms with Crippen LogP contribution in [0.2, 0.25) is 15.1 Å². The van der Waals surface area contributed by atoms with Crippen LogP contribution in [-0.4, -0.2) is 20.9 Å². The maximum Gasteiger partial charge on any atom is 0.266 e. The van der Waals surface area contributed by atoms with Crippen molar-refractivity contribution in [3.63, 3.8) is 0 Å². The molecule has 0 aliphatic heterocycles. The van der Waals surface area contributed by atoms with E-state index in [1.165, 1.54) is 42.5 Å². The molecular formula is C14H12Cl3N3O3S. The molecule has 24 heavy (non-hydrogen) atoms. The summed E-state index contributed by atoms with van der Waals surface area (Å²) in [5, 5.41) is 0.587. The molecule has 0 aliphatic carbocycles. The van der Waals surface area contributed by atoms with Gasteiger partial charge in [-0.25, -0.2) is 14.3 Å². The second kappa shape index (κ2) is 7.58. The number of carbonyl (C=O) groups excluding carboxylic acids is 1. The van der Waals surface area contributed by atoms with Gasteiger partial charge in [0.25, 0.3) is 15.9 Å². The van der Waals surface area contributed by atoms with Gasteiger partial charge in [-0.1, -0.05) is 34.8 Å². The number of anilines is 1. The number of amides is 1. The highest BCUT2D eigenvalue weighted by Gasteiger charge is 2.29. The first-order chi connectivity index (χ1) is 11.3. The summed E-state index contributed by atoms with van der Waals surface area (Å²) < 4.78 is 26.8. The molecule has 0 atom stereocenters. The molecule has 0 fully saturated rings. The van der Waals surface area contributed by atoms with Crippen LogP contribution in [0.25, 0.3) is 0 Å². The number of nitrogens with zero attached hydrogens (tertiary/aromatic N) is 1. The van der Waals surface area contributed by atoms with E-state index in [0.29, 0.717) is 5.02 Å². The Bertz CT molecular complexity index is 857. The first kappa shape index (κ1) is 18.8. The number of sulfonamides is 1. The Balaban J connectivity index is 2.58. The molecule has 2 aromatic carbocycles. The topological polar surface area (TPSA) is 92.5 Å². The van der Waals surface area contributed by atoms with Crippen LogP contribution in [0.5, 0.6) is 0 Å². The van der Waals surface area contributed by atoms with Gasteiger partial charge in [0.05, 0.1) is 10.7 Å². The number of hydrogen-bond donors (Lipinski definition) is 2. The minimum Gasteiger partial charge on any atom is -0.293 e. The first-order valence-electron chi connectivity index (χ1n) is 6.48. The lowest BCUT2D eigenvalue weighted by Crippen LogP contribution is -2.43. The van der Waals surface area contributed by atoms with Gasteiger partial charge >= 0.3 is 0 Å². The number of halogens is 3. The van der Waals surface area contributed by atoms with Crippen LogP contribution < -0.4 is 15.6 Å². The smallest absolute Gasteiger partial charge is 0.266 e. The fourth-order valence-corrected chi connectivity index (χ4v) is 4.18. The van der Waals surface area contributed by atoms with E-state index in [1.807, 2.05) is 5.43 Å². The van der Waals surface area contributed by atoms with Crippen LogP contribution >= 0.6 is 34.8 Å². The number of rotatable bonds is 5. The maximum atomic E-state index is 13.0. The monoisotopic (exact) mass is 407 g/mol. The van der Waals surface area contributed by atoms with Crippen LogP contribution in [0, 0.1) is 0 Å². The third kappa shape index (κ3) is 4.12. The van der Waals surface area contributed by atoms with Crippen molar-refractivity contribution >= 4 is 56.4 Å². The zero-order valence-corrected chi connectivity index (χ0v) is 15.1. The van der Waals surface area contributed by atoms with Crippen LogP contribution in [0.1, 0.15) is 0 Å². The SMILES string of the molecule is NNC(=O)CN(c1ccc(Cl)cc1)S(=O)(=O)c1cc(Cl)ccc1Cl. The summed E-state index contributed by atoms with van der Waals surface area (Å²) in [6, 6.07) is 9.95. The van der Waals surface area contributed by atoms with Gasteiger partial charge in [-0.2, -0.15) is 0 Å². The molecule has 0 heterocycles. The largest absolute Gasteiger partial charge is 0.293 e. The molecule has 0 bridgehead atoms. The average Bonchev–Trinajstić information content (AvgIpc) is 2.55. The molecule has 10 heteroatoms. The molecule has 6 nitrogen and oxygen atoms in total. The maximum absolute atomic E-state index is 13.0. The summed E-state index contributed by atoms with van der Waals surface area (Å²) in [4.78, 5) is 11.4. The zero-order valence-electron chi connectivity index (χ0n) is 12.0. The van der Waals surface area contributed by atoms with E-state index in [9.17, 15) is 13.2 Å². The molecule has 0 aliphatic rings. The molecule has 3 N–H and O–H groups in total. The van der Waals surface area contributed by atoms with Crippen molar-refractivity contribution in [3.8, 4) is 0 Å². The normalized spacial score (nSPS) is 11.2. The molecule has 0 aromatic heterocycles. The van der Waals surface area contributed by atoms with Gasteiger partial charge in [0.15, 0.2) is 0 Å². The van der Waals surface area contributed by atoms with Crippen molar-refractivity contribution in [3.05, 3.63) is 57.5 Å². The van der Waals surface area contributed by atoms with Gasteiger partial charge in [-0.05, 0) is 42.5 Å². The van der Waals surface area contributed by atoms with Gasteiger partial charge in [-0.15, -0.1) is 0 Å². The highest BCUT2D eigenvalue weighted by molar-refractivity contribution is 7.93. The number of hydrogen-bond acceptors (Lipinski definition) is 4. The van der Waals surface area contributed by atoms with Crippen molar-refractivity contribution in [2.24, 2.45) is 5.84 Å². The van der Waals surface area contributed by atoms with Gasteiger partial charge < -0.3 is 0 Å². The lowest BCUT2D eigenvalue weighted by molar-refractivity contribution is -0.119. The Morgan fingerprint density at radius 2 is 1.62 bits per heavy atom. The number of nitrogens with one attached hydrogen (secondary N) is 1. The molecule has 2 aromatic rings. The van der Waals surface area contributed by atoms with E-state index >= 15 is 0 Å². The van der Waals surface area contributed by atoms with Gasteiger partial charge in [0, 0.05) is 10.0 Å². The van der Waals surface area contributed by atoms with Gasteiger partial charge in [0.1, 0.15) is 11.4 Å². The minimum atomic E-state index is -4.17. The zero-order chi connectivity index (χ0) is 17.9. The van der Waals surface area contributed by atoms with Crippen LogP contribution in [0.15, 0.2) is 47.4 Å². The second-order valence-electron chi connectivity index (χ2n) is 4.63. The standard InChI is InChI=1S/C14H12Cl3N3O3S/c15-9-1-4-11(5-2-9)20(8-14(21)19-18)24(22,23)13-7-10(16)3-6-12(13)17/h1-7H,8,18H2,(H,19,21). The molecule has 1 amide bonds. The molecule has 2 rings (SSSR count). The van der Waals surface area contributed by atoms with Crippen molar-refractivity contribution < 1.29 is 13.2 Å². The Morgan fingerprint density at radius 1 is 1.04 bits per heavy atom. The molecule has 128 valence electrons. The lowest BCUT2D eigenvalue weighted by atomic mass is 10.3. The third-order valence-corrected chi connectivity index (χ3v) is 5.77. The molecule has 0 spiro atoms. The summed E-state index contributed by atoms with van der Waals surface area (Å²) in [6.07, 6.45) is 0. The van der Waals surface area contributed by atoms with Gasteiger partial charge in [-0.3, -0.25) is 14.5 Å². The van der Waals surface area contributed by atoms with E-state index in [2.05, 4.69) is 0 Å². The molecular weight excluding hydrogens is 397 g/mol. The fourth-order valence-electron chi connectivity index (χ4n) is 1.89. The number of carbonyl (C=O) groups is 1. The molecule has 0 radical (unpaired) electrons. The quantitative estimate of drug-likeness (QED) is 0.452. The fraction of sp³-hybridized carbons (Fsp3) is 0.0714. The van der Waals surface area contributed by atoms with Crippen LogP contribution in [0.3, 0.4) is 0 Å². The Hall–Kier alpha value is -1.51. The lowest BCUT2D eigenvalue weighted by Gasteiger charge is -2.24. The average molecular weight is 409 g/mol. The molecule has 0 unspecified atom stereocenters. The van der Waals surface area contributed by atoms with E-state index in [1.54, 1.807) is 0 Å². The van der Waals surface area contributed by atoms with Gasteiger partial charge in [0.2, 0.25) is 0 Å². The van der Waals surface area contributed by atoms with E-state index < -0.39 is 22.5 Å². The molecule has 0 saturated carbocycles. The van der Waals surface area contributed by atoms with E-state index in [4.69, 9.17) is 40.6 Å². The van der Waals surface area contributed by atoms with Crippen molar-refractivity contribution in [2.75, 3.05) is 10.8 Å². The van der Waals surface area contributed by atoms with Crippen LogP contribution in [-0.2, 0) is 14.8 Å². The minimum absolute atomic E-state index is 0.0217. The number of hydrazine groups is 1. The number of benzene rings is 2. The van der Waals surface area contributed by atoms with E-state index in [0.717, 1.165) is 4.31 Å². The Morgan fingerprint density at radius 3 is 2.21 bits per heavy atom. The summed E-state index contributed by atoms with van der Waals surface area (Å²) in [5.41, 5.74) is 2.12. The number of nitrogens with two attached hydrogens (primary N) is 1. The summed E-state index contributed by atoms with van der Waals surface area (Å²) >= 11 is 17.7. The predicted molar refractivity (Wildman–Crippen MR) is 94.8 cm³/mol. The van der Waals surface area contributed by atoms with E-state index in [-0.39, 0.29) is 20.6 Å². The predicted octanol–water partition coefficient (Wildman–Crippen LogP) is 2.83. The Kier molecular flexibility index (Phi) is 5.95. The Labute approximate surface area is 154 Å². The van der Waals surface area contributed by atoms with Crippen molar-refractivity contribution in [1.82, 2.24) is 5.43 Å². The van der Waals surface area contributed by atoms with Crippen molar-refractivity contribution in [1.29, 1.82) is 0 Å². The first-order valence-corrected chi connectivity index (χ1v) is 9.06. The highest BCUT2D eigenvalue weighted by atomic mass is 35.5. The molecule has 0 saturated heterocycles. The van der Waals surface area contributed by atoms with Crippen LogP contribution in [0.4, 0.5) is 5.69 Å². The highest BCUT2D eigenvalue weighted by Crippen LogP contribution is 2.31.